The normalized spacial score (nSPS) is 12.2. The first-order chi connectivity index (χ1) is 9.99. The van der Waals surface area contributed by atoms with E-state index < -0.39 is 0 Å². The van der Waals surface area contributed by atoms with Gasteiger partial charge in [0.2, 0.25) is 0 Å². The maximum atomic E-state index is 11.2. The van der Waals surface area contributed by atoms with E-state index in [0.717, 1.165) is 10.0 Å². The van der Waals surface area contributed by atoms with E-state index in [1.807, 2.05) is 30.3 Å². The van der Waals surface area contributed by atoms with Crippen LogP contribution in [-0.2, 0) is 0 Å². The Morgan fingerprint density at radius 1 is 1.14 bits per heavy atom. The first kappa shape index (κ1) is 15.5. The molecule has 0 bridgehead atoms. The Hall–Kier alpha value is -1.88. The van der Waals surface area contributed by atoms with Gasteiger partial charge in [-0.15, -0.1) is 0 Å². The number of nitro groups is 1. The standard InChI is InChI=1S/C16H17BrN2O2/c1-11(2)16(12-6-4-3-5-7-12)18-14-10-13(17)8-9-15(14)19(20)21/h3-11,16,18H,1-2H3/t16-/m1/s1. The first-order valence-corrected chi connectivity index (χ1v) is 7.53. The third-order valence-corrected chi connectivity index (χ3v) is 3.78. The van der Waals surface area contributed by atoms with Crippen LogP contribution >= 0.6 is 15.9 Å². The predicted octanol–water partition coefficient (Wildman–Crippen LogP) is 5.17. The molecule has 0 aliphatic rings. The Kier molecular flexibility index (Phi) is 4.96. The van der Waals surface area contributed by atoms with E-state index in [-0.39, 0.29) is 16.7 Å². The molecule has 0 aliphatic heterocycles. The highest BCUT2D eigenvalue weighted by Gasteiger charge is 2.20. The first-order valence-electron chi connectivity index (χ1n) is 6.74. The summed E-state index contributed by atoms with van der Waals surface area (Å²) in [5, 5.41) is 14.5. The van der Waals surface area contributed by atoms with Gasteiger partial charge < -0.3 is 5.32 Å². The summed E-state index contributed by atoms with van der Waals surface area (Å²) in [6, 6.07) is 14.9. The van der Waals surface area contributed by atoms with E-state index in [1.54, 1.807) is 12.1 Å². The second-order valence-electron chi connectivity index (χ2n) is 5.20. The minimum absolute atomic E-state index is 0.0131. The zero-order valence-corrected chi connectivity index (χ0v) is 13.5. The molecular weight excluding hydrogens is 332 g/mol. The fourth-order valence-electron chi connectivity index (χ4n) is 2.25. The molecule has 2 aromatic carbocycles. The zero-order valence-electron chi connectivity index (χ0n) is 11.9. The van der Waals surface area contributed by atoms with E-state index in [9.17, 15) is 10.1 Å². The van der Waals surface area contributed by atoms with Crippen molar-refractivity contribution in [2.24, 2.45) is 5.92 Å². The number of nitrogens with zero attached hydrogens (tertiary/aromatic N) is 1. The van der Waals surface area contributed by atoms with Crippen molar-refractivity contribution in [3.8, 4) is 0 Å². The maximum Gasteiger partial charge on any atom is 0.292 e. The van der Waals surface area contributed by atoms with Gasteiger partial charge in [-0.1, -0.05) is 60.1 Å². The number of rotatable bonds is 5. The zero-order chi connectivity index (χ0) is 15.4. The average Bonchev–Trinajstić information content (AvgIpc) is 2.45. The Labute approximate surface area is 132 Å². The second kappa shape index (κ2) is 6.72. The SMILES string of the molecule is CC(C)[C@@H](Nc1cc(Br)ccc1[N+](=O)[O-])c1ccccc1. The van der Waals surface area contributed by atoms with Gasteiger partial charge in [-0.25, -0.2) is 0 Å². The van der Waals surface area contributed by atoms with Crippen LogP contribution in [0.1, 0.15) is 25.5 Å². The number of benzene rings is 2. The van der Waals surface area contributed by atoms with Crippen molar-refractivity contribution in [2.45, 2.75) is 19.9 Å². The van der Waals surface area contributed by atoms with Crippen molar-refractivity contribution in [3.05, 3.63) is 68.7 Å². The summed E-state index contributed by atoms with van der Waals surface area (Å²) in [5.74, 6) is 0.297. The number of hydrogen-bond donors (Lipinski definition) is 1. The molecule has 21 heavy (non-hydrogen) atoms. The molecule has 0 fully saturated rings. The van der Waals surface area contributed by atoms with Crippen LogP contribution in [0.2, 0.25) is 0 Å². The summed E-state index contributed by atoms with van der Waals surface area (Å²) in [4.78, 5) is 10.8. The minimum Gasteiger partial charge on any atom is -0.372 e. The Balaban J connectivity index is 2.38. The van der Waals surface area contributed by atoms with Crippen LogP contribution in [0, 0.1) is 16.0 Å². The van der Waals surface area contributed by atoms with Crippen LogP contribution in [0.3, 0.4) is 0 Å². The molecule has 0 radical (unpaired) electrons. The molecule has 0 aromatic heterocycles. The largest absolute Gasteiger partial charge is 0.372 e. The van der Waals surface area contributed by atoms with Crippen LogP contribution in [0.5, 0.6) is 0 Å². The van der Waals surface area contributed by atoms with Gasteiger partial charge in [0.1, 0.15) is 5.69 Å². The molecule has 0 saturated heterocycles. The van der Waals surface area contributed by atoms with Crippen molar-refractivity contribution in [2.75, 3.05) is 5.32 Å². The molecule has 1 N–H and O–H groups in total. The molecule has 1 atom stereocenters. The van der Waals surface area contributed by atoms with Crippen LogP contribution in [0.25, 0.3) is 0 Å². The molecule has 0 unspecified atom stereocenters. The number of nitro benzene ring substituents is 1. The van der Waals surface area contributed by atoms with Gasteiger partial charge in [0.05, 0.1) is 11.0 Å². The molecule has 0 spiro atoms. The topological polar surface area (TPSA) is 55.2 Å². The molecule has 0 amide bonds. The van der Waals surface area contributed by atoms with Crippen LogP contribution in [-0.4, -0.2) is 4.92 Å². The van der Waals surface area contributed by atoms with Crippen molar-refractivity contribution >= 4 is 27.3 Å². The van der Waals surface area contributed by atoms with Gasteiger partial charge in [0, 0.05) is 10.5 Å². The van der Waals surface area contributed by atoms with Gasteiger partial charge in [-0.3, -0.25) is 10.1 Å². The van der Waals surface area contributed by atoms with Crippen molar-refractivity contribution < 1.29 is 4.92 Å². The maximum absolute atomic E-state index is 11.2. The van der Waals surface area contributed by atoms with Crippen molar-refractivity contribution in [3.63, 3.8) is 0 Å². The molecule has 0 heterocycles. The molecule has 5 heteroatoms. The van der Waals surface area contributed by atoms with E-state index in [2.05, 4.69) is 35.1 Å². The summed E-state index contributed by atoms with van der Waals surface area (Å²) in [5.41, 5.74) is 1.72. The Morgan fingerprint density at radius 3 is 2.38 bits per heavy atom. The third kappa shape index (κ3) is 3.82. The highest BCUT2D eigenvalue weighted by Crippen LogP contribution is 2.33. The number of hydrogen-bond acceptors (Lipinski definition) is 3. The fraction of sp³-hybridized carbons (Fsp3) is 0.250. The molecule has 4 nitrogen and oxygen atoms in total. The smallest absolute Gasteiger partial charge is 0.292 e. The minimum atomic E-state index is -0.364. The third-order valence-electron chi connectivity index (χ3n) is 3.29. The van der Waals surface area contributed by atoms with E-state index >= 15 is 0 Å². The Morgan fingerprint density at radius 2 is 1.81 bits per heavy atom. The number of anilines is 1. The molecule has 2 rings (SSSR count). The molecule has 2 aromatic rings. The van der Waals surface area contributed by atoms with E-state index in [0.29, 0.717) is 11.6 Å². The lowest BCUT2D eigenvalue weighted by molar-refractivity contribution is -0.384. The van der Waals surface area contributed by atoms with Crippen LogP contribution < -0.4 is 5.32 Å². The average molecular weight is 349 g/mol. The van der Waals surface area contributed by atoms with E-state index in [1.165, 1.54) is 6.07 Å². The summed E-state index contributed by atoms with van der Waals surface area (Å²) in [6.07, 6.45) is 0. The van der Waals surface area contributed by atoms with Gasteiger partial charge >= 0.3 is 0 Å². The quantitative estimate of drug-likeness (QED) is 0.599. The fourth-order valence-corrected chi connectivity index (χ4v) is 2.61. The number of nitrogens with one attached hydrogen (secondary N) is 1. The lowest BCUT2D eigenvalue weighted by Gasteiger charge is -2.24. The van der Waals surface area contributed by atoms with Gasteiger partial charge in [-0.05, 0) is 23.6 Å². The van der Waals surface area contributed by atoms with Gasteiger partial charge in [0.25, 0.3) is 5.69 Å². The highest BCUT2D eigenvalue weighted by molar-refractivity contribution is 9.10. The number of halogens is 1. The van der Waals surface area contributed by atoms with Crippen LogP contribution in [0.4, 0.5) is 11.4 Å². The monoisotopic (exact) mass is 348 g/mol. The lowest BCUT2D eigenvalue weighted by atomic mass is 9.95. The van der Waals surface area contributed by atoms with Crippen molar-refractivity contribution in [1.29, 1.82) is 0 Å². The molecule has 110 valence electrons. The van der Waals surface area contributed by atoms with Crippen molar-refractivity contribution in [1.82, 2.24) is 0 Å². The molecule has 0 saturated carbocycles. The van der Waals surface area contributed by atoms with Gasteiger partial charge in [-0.2, -0.15) is 0 Å². The second-order valence-corrected chi connectivity index (χ2v) is 6.11. The summed E-state index contributed by atoms with van der Waals surface area (Å²) in [6.45, 7) is 4.18. The predicted molar refractivity (Wildman–Crippen MR) is 88.4 cm³/mol. The highest BCUT2D eigenvalue weighted by atomic mass is 79.9. The summed E-state index contributed by atoms with van der Waals surface area (Å²) >= 11 is 3.37. The summed E-state index contributed by atoms with van der Waals surface area (Å²) in [7, 11) is 0. The van der Waals surface area contributed by atoms with E-state index in [4.69, 9.17) is 0 Å². The Bertz CT molecular complexity index is 629. The lowest BCUT2D eigenvalue weighted by Crippen LogP contribution is -2.17. The summed E-state index contributed by atoms with van der Waals surface area (Å²) < 4.78 is 0.811. The molecule has 0 aliphatic carbocycles. The molecular formula is C16H17BrN2O2. The van der Waals surface area contributed by atoms with Gasteiger partial charge in [0.15, 0.2) is 0 Å². The van der Waals surface area contributed by atoms with Crippen LogP contribution in [0.15, 0.2) is 53.0 Å².